The predicted molar refractivity (Wildman–Crippen MR) is 112 cm³/mol. The number of fused-ring (bicyclic) bond motifs is 1. The molecule has 1 fully saturated rings. The first-order chi connectivity index (χ1) is 14.8. The highest BCUT2D eigenvalue weighted by Gasteiger charge is 2.22. The zero-order chi connectivity index (χ0) is 20.3. The lowest BCUT2D eigenvalue weighted by atomic mass is 9.96. The Morgan fingerprint density at radius 2 is 2.03 bits per heavy atom. The molecule has 0 spiro atoms. The van der Waals surface area contributed by atoms with Gasteiger partial charge in [-0.1, -0.05) is 0 Å². The quantitative estimate of drug-likeness (QED) is 0.644. The fourth-order valence-corrected chi connectivity index (χ4v) is 4.36. The van der Waals surface area contributed by atoms with Crippen molar-refractivity contribution in [2.75, 3.05) is 19.7 Å². The lowest BCUT2D eigenvalue weighted by Crippen LogP contribution is -2.36. The number of hydrogen-bond donors (Lipinski definition) is 0. The number of aromatic nitrogens is 5. The molecule has 2 aliphatic heterocycles. The van der Waals surface area contributed by atoms with Gasteiger partial charge in [0.2, 0.25) is 0 Å². The minimum Gasteiger partial charge on any atom is -0.372 e. The van der Waals surface area contributed by atoms with Crippen molar-refractivity contribution in [1.82, 2.24) is 29.0 Å². The first kappa shape index (κ1) is 19.1. The van der Waals surface area contributed by atoms with Gasteiger partial charge in [0, 0.05) is 49.9 Å². The van der Waals surface area contributed by atoms with Gasteiger partial charge in [0.15, 0.2) is 0 Å². The summed E-state index contributed by atoms with van der Waals surface area (Å²) in [5.74, 6) is 1.53. The van der Waals surface area contributed by atoms with E-state index < -0.39 is 0 Å². The van der Waals surface area contributed by atoms with E-state index in [0.29, 0.717) is 18.2 Å². The number of rotatable bonds is 5. The molecule has 2 aliphatic rings. The number of ether oxygens (including phenoxy) is 1. The first-order valence-corrected chi connectivity index (χ1v) is 10.6. The van der Waals surface area contributed by atoms with Crippen LogP contribution in [0.5, 0.6) is 0 Å². The van der Waals surface area contributed by atoms with Gasteiger partial charge in [-0.15, -0.1) is 0 Å². The second-order valence-corrected chi connectivity index (χ2v) is 8.10. The van der Waals surface area contributed by atoms with Crippen molar-refractivity contribution in [1.29, 1.82) is 0 Å². The molecule has 1 saturated heterocycles. The molecule has 0 N–H and O–H groups in total. The zero-order valence-corrected chi connectivity index (χ0v) is 17.0. The van der Waals surface area contributed by atoms with E-state index in [9.17, 15) is 4.79 Å². The molecule has 0 aromatic carbocycles. The van der Waals surface area contributed by atoms with Crippen molar-refractivity contribution >= 4 is 0 Å². The smallest absolute Gasteiger partial charge is 0.253 e. The maximum absolute atomic E-state index is 12.6. The monoisotopic (exact) mass is 406 g/mol. The summed E-state index contributed by atoms with van der Waals surface area (Å²) in [5.41, 5.74) is 2.81. The minimum atomic E-state index is -0.000565. The van der Waals surface area contributed by atoms with Gasteiger partial charge in [-0.25, -0.2) is 9.97 Å². The van der Waals surface area contributed by atoms with Gasteiger partial charge in [-0.05, 0) is 44.0 Å². The van der Waals surface area contributed by atoms with Gasteiger partial charge in [-0.3, -0.25) is 19.2 Å². The summed E-state index contributed by atoms with van der Waals surface area (Å²) in [6, 6.07) is 5.38. The van der Waals surface area contributed by atoms with E-state index in [0.717, 1.165) is 63.6 Å². The van der Waals surface area contributed by atoms with Crippen LogP contribution >= 0.6 is 0 Å². The molecule has 3 aromatic heterocycles. The zero-order valence-electron chi connectivity index (χ0n) is 17.0. The summed E-state index contributed by atoms with van der Waals surface area (Å²) in [6.45, 7) is 6.01. The number of hydrogen-bond acceptors (Lipinski definition) is 6. The summed E-state index contributed by atoms with van der Waals surface area (Å²) in [7, 11) is 0. The summed E-state index contributed by atoms with van der Waals surface area (Å²) in [6.07, 6.45) is 9.28. The number of imidazole rings is 1. The second kappa shape index (κ2) is 8.49. The second-order valence-electron chi connectivity index (χ2n) is 8.10. The lowest BCUT2D eigenvalue weighted by molar-refractivity contribution is 0.0788. The van der Waals surface area contributed by atoms with Crippen molar-refractivity contribution in [3.8, 4) is 11.3 Å². The van der Waals surface area contributed by atoms with Crippen molar-refractivity contribution in [2.24, 2.45) is 5.92 Å². The van der Waals surface area contributed by atoms with Crippen LogP contribution in [0, 0.1) is 5.92 Å². The van der Waals surface area contributed by atoms with Crippen molar-refractivity contribution in [2.45, 2.75) is 39.1 Å². The normalized spacial score (nSPS) is 17.7. The van der Waals surface area contributed by atoms with Crippen molar-refractivity contribution in [3.05, 3.63) is 65.0 Å². The van der Waals surface area contributed by atoms with Gasteiger partial charge in [-0.2, -0.15) is 0 Å². The van der Waals surface area contributed by atoms with Crippen LogP contribution in [0.1, 0.15) is 24.4 Å². The third kappa shape index (κ3) is 4.06. The van der Waals surface area contributed by atoms with Crippen LogP contribution < -0.4 is 5.56 Å². The molecule has 0 unspecified atom stereocenters. The molecular formula is C22H26N6O2. The average molecular weight is 406 g/mol. The van der Waals surface area contributed by atoms with Gasteiger partial charge < -0.3 is 9.30 Å². The highest BCUT2D eigenvalue weighted by molar-refractivity contribution is 5.56. The summed E-state index contributed by atoms with van der Waals surface area (Å²) >= 11 is 0. The van der Waals surface area contributed by atoms with E-state index in [4.69, 9.17) is 4.74 Å². The summed E-state index contributed by atoms with van der Waals surface area (Å²) < 4.78 is 9.52. The van der Waals surface area contributed by atoms with Crippen molar-refractivity contribution < 1.29 is 4.74 Å². The lowest BCUT2D eigenvalue weighted by Gasteiger charge is -2.32. The maximum atomic E-state index is 12.6. The molecule has 0 bridgehead atoms. The molecule has 0 amide bonds. The Hall–Kier alpha value is -2.84. The van der Waals surface area contributed by atoms with E-state index in [-0.39, 0.29) is 5.56 Å². The van der Waals surface area contributed by atoms with E-state index in [1.807, 2.05) is 18.3 Å². The van der Waals surface area contributed by atoms with Crippen LogP contribution in [0.3, 0.4) is 0 Å². The van der Waals surface area contributed by atoms with Crippen LogP contribution in [0.15, 0.2) is 47.9 Å². The van der Waals surface area contributed by atoms with E-state index >= 15 is 0 Å². The Balaban J connectivity index is 1.18. The molecule has 0 aliphatic carbocycles. The fourth-order valence-electron chi connectivity index (χ4n) is 4.36. The standard InChI is InChI=1S/C22H26N6O2/c29-22-10-20(18-2-1-5-23-11-18)25-16-27(22)13-17-3-6-26(7-4-17)14-19-12-24-21-15-30-9-8-28(19)21/h1-2,5,10-12,16-17H,3-4,6-9,13-15H2. The maximum Gasteiger partial charge on any atom is 0.253 e. The van der Waals surface area contributed by atoms with E-state index in [1.54, 1.807) is 29.4 Å². The summed E-state index contributed by atoms with van der Waals surface area (Å²) in [4.78, 5) is 28.1. The van der Waals surface area contributed by atoms with Gasteiger partial charge in [0.05, 0.1) is 24.3 Å². The highest BCUT2D eigenvalue weighted by Crippen LogP contribution is 2.22. The van der Waals surface area contributed by atoms with E-state index in [1.165, 1.54) is 5.69 Å². The first-order valence-electron chi connectivity index (χ1n) is 10.6. The molecule has 5 heterocycles. The van der Waals surface area contributed by atoms with Crippen LogP contribution in [-0.2, 0) is 31.0 Å². The molecule has 156 valence electrons. The Bertz CT molecular complexity index is 1050. The number of likely N-dealkylation sites (tertiary alicyclic amines) is 1. The van der Waals surface area contributed by atoms with E-state index in [2.05, 4.69) is 24.4 Å². The minimum absolute atomic E-state index is 0.000565. The van der Waals surface area contributed by atoms with Crippen LogP contribution in [0.2, 0.25) is 0 Å². The predicted octanol–water partition coefficient (Wildman–Crippen LogP) is 1.94. The molecule has 5 rings (SSSR count). The highest BCUT2D eigenvalue weighted by atomic mass is 16.5. The molecular weight excluding hydrogens is 380 g/mol. The topological polar surface area (TPSA) is 78.1 Å². The number of piperidine rings is 1. The van der Waals surface area contributed by atoms with Crippen LogP contribution in [0.25, 0.3) is 11.3 Å². The largest absolute Gasteiger partial charge is 0.372 e. The SMILES string of the molecule is O=c1cc(-c2cccnc2)ncn1CC1CCN(Cc2cnc3n2CCOC3)CC1. The molecule has 30 heavy (non-hydrogen) atoms. The van der Waals surface area contributed by atoms with Gasteiger partial charge >= 0.3 is 0 Å². The Labute approximate surface area is 175 Å². The third-order valence-electron chi connectivity index (χ3n) is 6.10. The molecule has 8 heteroatoms. The average Bonchev–Trinajstić information content (AvgIpc) is 3.20. The van der Waals surface area contributed by atoms with Crippen molar-refractivity contribution in [3.63, 3.8) is 0 Å². The molecule has 8 nitrogen and oxygen atoms in total. The Morgan fingerprint density at radius 3 is 2.83 bits per heavy atom. The fraction of sp³-hybridized carbons (Fsp3) is 0.455. The van der Waals surface area contributed by atoms with Crippen LogP contribution in [0.4, 0.5) is 0 Å². The molecule has 0 radical (unpaired) electrons. The van der Waals surface area contributed by atoms with Gasteiger partial charge in [0.25, 0.3) is 5.56 Å². The number of pyridine rings is 1. The molecule has 3 aromatic rings. The Morgan fingerprint density at radius 1 is 1.13 bits per heavy atom. The van der Waals surface area contributed by atoms with Gasteiger partial charge in [0.1, 0.15) is 12.4 Å². The molecule has 0 atom stereocenters. The Kier molecular flexibility index (Phi) is 5.42. The third-order valence-corrected chi connectivity index (χ3v) is 6.10. The van der Waals surface area contributed by atoms with Crippen LogP contribution in [-0.4, -0.2) is 48.7 Å². The molecule has 0 saturated carbocycles. The summed E-state index contributed by atoms with van der Waals surface area (Å²) in [5, 5.41) is 0. The number of nitrogens with zero attached hydrogens (tertiary/aromatic N) is 6.